The molecule has 0 fully saturated rings. The van der Waals surface area contributed by atoms with Crippen LogP contribution in [0.4, 0.5) is 0 Å². The summed E-state index contributed by atoms with van der Waals surface area (Å²) >= 11 is 0. The van der Waals surface area contributed by atoms with E-state index in [-0.39, 0.29) is 0 Å². The van der Waals surface area contributed by atoms with Gasteiger partial charge in [0.2, 0.25) is 0 Å². The van der Waals surface area contributed by atoms with Gasteiger partial charge in [0, 0.05) is 6.55 Å². The molecule has 3 N–H and O–H groups in total. The molecule has 0 saturated carbocycles. The summed E-state index contributed by atoms with van der Waals surface area (Å²) in [4.78, 5) is 28.8. The molecule has 2 atom stereocenters. The molecule has 0 aromatic carbocycles. The molecule has 10 heteroatoms. The van der Waals surface area contributed by atoms with Gasteiger partial charge in [0.25, 0.3) is 0 Å². The third-order valence-corrected chi connectivity index (χ3v) is 12.0. The molecule has 0 saturated heterocycles. The molecule has 0 heterocycles. The van der Waals surface area contributed by atoms with E-state index in [0.29, 0.717) is 0 Å². The molecule has 0 aliphatic carbocycles. The van der Waals surface area contributed by atoms with Gasteiger partial charge < -0.3 is 26.7 Å². The van der Waals surface area contributed by atoms with Gasteiger partial charge in [-0.1, -0.05) is 0 Å². The Hall–Kier alpha value is 0.628. The van der Waals surface area contributed by atoms with Crippen molar-refractivity contribution in [2.45, 2.75) is 39.3 Å². The van der Waals surface area contributed by atoms with E-state index in [1.807, 2.05) is 0 Å². The smallest absolute Gasteiger partial charge is 0.418 e. The van der Waals surface area contributed by atoms with Crippen LogP contribution in [0.15, 0.2) is 0 Å². The van der Waals surface area contributed by atoms with Gasteiger partial charge in [-0.05, 0) is 32.7 Å². The van der Waals surface area contributed by atoms with E-state index in [0.717, 1.165) is 0 Å². The molecule has 0 radical (unpaired) electrons. The van der Waals surface area contributed by atoms with Gasteiger partial charge in [0.15, 0.2) is 0 Å². The van der Waals surface area contributed by atoms with Gasteiger partial charge >= 0.3 is 35.2 Å². The standard InChI is InChI=1S/C6H22O6Si4/c1-13(7)10-15(4,5)12-16(6,9)11-14(2,3)8/h7-9,13H,1-6H3. The number of hydrogen-bond acceptors (Lipinski definition) is 6. The molecular weight excluding hydrogens is 280 g/mol. The highest BCUT2D eigenvalue weighted by atomic mass is 28.5. The Morgan fingerprint density at radius 3 is 1.69 bits per heavy atom. The maximum absolute atomic E-state index is 9.96. The minimum absolute atomic E-state index is 1.44. The Bertz CT molecular complexity index is 226. The maximum atomic E-state index is 9.96. The molecular formula is C6H22O6Si4. The summed E-state index contributed by atoms with van der Waals surface area (Å²) in [5.41, 5.74) is 0. The van der Waals surface area contributed by atoms with Crippen molar-refractivity contribution in [3.8, 4) is 0 Å². The van der Waals surface area contributed by atoms with Crippen LogP contribution in [-0.2, 0) is 12.3 Å². The predicted octanol–water partition coefficient (Wildman–Crippen LogP) is -0.164. The van der Waals surface area contributed by atoms with Crippen LogP contribution in [-0.4, -0.2) is 49.6 Å². The summed E-state index contributed by atoms with van der Waals surface area (Å²) < 4.78 is 16.0. The molecule has 0 spiro atoms. The zero-order valence-electron chi connectivity index (χ0n) is 10.6. The molecule has 98 valence electrons. The molecule has 0 aliphatic heterocycles. The third-order valence-electron chi connectivity index (χ3n) is 1.33. The fourth-order valence-electron chi connectivity index (χ4n) is 1.38. The SMILES string of the molecule is C[SiH](O)O[Si](C)(C)O[Si](C)(O)O[Si](C)(C)O. The van der Waals surface area contributed by atoms with E-state index < -0.39 is 35.2 Å². The molecule has 0 bridgehead atoms. The fraction of sp³-hybridized carbons (Fsp3) is 1.00. The van der Waals surface area contributed by atoms with Gasteiger partial charge in [0.05, 0.1) is 0 Å². The molecule has 6 nitrogen and oxygen atoms in total. The second kappa shape index (κ2) is 5.51. The van der Waals surface area contributed by atoms with Crippen molar-refractivity contribution in [1.29, 1.82) is 0 Å². The summed E-state index contributed by atoms with van der Waals surface area (Å²) in [5, 5.41) is 0. The Labute approximate surface area is 102 Å². The lowest BCUT2D eigenvalue weighted by Crippen LogP contribution is -2.56. The van der Waals surface area contributed by atoms with Crippen molar-refractivity contribution in [3.05, 3.63) is 0 Å². The van der Waals surface area contributed by atoms with E-state index in [4.69, 9.17) is 12.3 Å². The van der Waals surface area contributed by atoms with E-state index in [2.05, 4.69) is 0 Å². The number of hydrogen-bond donors (Lipinski definition) is 3. The van der Waals surface area contributed by atoms with Crippen LogP contribution in [0, 0.1) is 0 Å². The van der Waals surface area contributed by atoms with E-state index in [1.165, 1.54) is 6.55 Å². The monoisotopic (exact) mass is 302 g/mol. The van der Waals surface area contributed by atoms with Crippen LogP contribution in [0.5, 0.6) is 0 Å². The van der Waals surface area contributed by atoms with Crippen LogP contribution >= 0.6 is 0 Å². The van der Waals surface area contributed by atoms with Gasteiger partial charge in [-0.3, -0.25) is 0 Å². The molecule has 0 rings (SSSR count). The third kappa shape index (κ3) is 8.74. The molecule has 0 amide bonds. The summed E-state index contributed by atoms with van der Waals surface area (Å²) in [6.07, 6.45) is 0. The minimum Gasteiger partial charge on any atom is -0.418 e. The minimum atomic E-state index is -3.38. The Kier molecular flexibility index (Phi) is 5.73. The van der Waals surface area contributed by atoms with Crippen molar-refractivity contribution in [2.75, 3.05) is 0 Å². The normalized spacial score (nSPS) is 19.3. The quantitative estimate of drug-likeness (QED) is 0.591. The molecule has 0 aliphatic rings. The van der Waals surface area contributed by atoms with Gasteiger partial charge in [-0.2, -0.15) is 0 Å². The summed E-state index contributed by atoms with van der Waals surface area (Å²) in [6, 6.07) is 0. The second-order valence-electron chi connectivity index (χ2n) is 4.67. The van der Waals surface area contributed by atoms with Crippen molar-refractivity contribution in [1.82, 2.24) is 0 Å². The molecule has 16 heavy (non-hydrogen) atoms. The second-order valence-corrected chi connectivity index (χ2v) is 15.9. The first-order valence-corrected chi connectivity index (χ1v) is 15.1. The first-order valence-electron chi connectivity index (χ1n) is 5.04. The first-order chi connectivity index (χ1) is 6.83. The summed E-state index contributed by atoms with van der Waals surface area (Å²) in [7, 11) is -11.0. The summed E-state index contributed by atoms with van der Waals surface area (Å²) in [5.74, 6) is 0. The summed E-state index contributed by atoms with van der Waals surface area (Å²) in [6.45, 7) is 9.61. The van der Waals surface area contributed by atoms with Crippen LogP contribution in [0.3, 0.4) is 0 Å². The van der Waals surface area contributed by atoms with Crippen LogP contribution in [0.1, 0.15) is 0 Å². The van der Waals surface area contributed by atoms with Crippen molar-refractivity contribution >= 4 is 35.2 Å². The zero-order chi connectivity index (χ0) is 13.2. The lowest BCUT2D eigenvalue weighted by atomic mass is 11.9. The highest BCUT2D eigenvalue weighted by Gasteiger charge is 2.44. The highest BCUT2D eigenvalue weighted by Crippen LogP contribution is 2.18. The van der Waals surface area contributed by atoms with Gasteiger partial charge in [-0.25, -0.2) is 0 Å². The van der Waals surface area contributed by atoms with Crippen molar-refractivity contribution in [2.24, 2.45) is 0 Å². The maximum Gasteiger partial charge on any atom is 0.477 e. The van der Waals surface area contributed by atoms with E-state index in [9.17, 15) is 14.4 Å². The average Bonchev–Trinajstić information content (AvgIpc) is 1.69. The Morgan fingerprint density at radius 1 is 0.938 bits per heavy atom. The van der Waals surface area contributed by atoms with E-state index in [1.54, 1.807) is 32.7 Å². The molecule has 0 aromatic heterocycles. The van der Waals surface area contributed by atoms with Gasteiger partial charge in [-0.15, -0.1) is 0 Å². The molecule has 2 unspecified atom stereocenters. The average molecular weight is 303 g/mol. The Morgan fingerprint density at radius 2 is 1.38 bits per heavy atom. The lowest BCUT2D eigenvalue weighted by Gasteiger charge is -2.34. The van der Waals surface area contributed by atoms with Crippen LogP contribution < -0.4 is 0 Å². The topological polar surface area (TPSA) is 88.4 Å². The first kappa shape index (κ1) is 16.6. The largest absolute Gasteiger partial charge is 0.477 e. The lowest BCUT2D eigenvalue weighted by molar-refractivity contribution is 0.204. The predicted molar refractivity (Wildman–Crippen MR) is 69.5 cm³/mol. The fourth-order valence-corrected chi connectivity index (χ4v) is 13.2. The molecule has 0 aromatic rings. The number of rotatable bonds is 6. The zero-order valence-corrected chi connectivity index (χ0v) is 14.8. The highest BCUT2D eigenvalue weighted by molar-refractivity contribution is 6.83. The van der Waals surface area contributed by atoms with E-state index >= 15 is 0 Å². The van der Waals surface area contributed by atoms with Crippen LogP contribution in [0.2, 0.25) is 39.3 Å². The van der Waals surface area contributed by atoms with Crippen molar-refractivity contribution < 1.29 is 26.7 Å². The van der Waals surface area contributed by atoms with Crippen LogP contribution in [0.25, 0.3) is 0 Å². The van der Waals surface area contributed by atoms with Gasteiger partial charge in [0.1, 0.15) is 0 Å². The Balaban J connectivity index is 4.45. The van der Waals surface area contributed by atoms with Crippen molar-refractivity contribution in [3.63, 3.8) is 0 Å².